The number of carbonyl (C=O) groups is 1. The Kier molecular flexibility index (Phi) is 7.07. The van der Waals surface area contributed by atoms with E-state index in [1.807, 2.05) is 12.1 Å². The predicted octanol–water partition coefficient (Wildman–Crippen LogP) is 4.28. The molecule has 1 aliphatic heterocycles. The standard InChI is InChI=1S/C25H20Cl2N2O4S/c1-4-11-33-24(31)21-14(2)28-25-29(22(21)16-6-8-17(32-3)9-7-16)23(30)20(34-25)13-15-5-10-18(26)19(27)12-15/h4-10,12-13,22H,1,11H2,2-3H3/b20-13+/t22-/m1/s1. The second-order valence-electron chi connectivity index (χ2n) is 7.42. The van der Waals surface area contributed by atoms with Gasteiger partial charge in [-0.2, -0.15) is 0 Å². The van der Waals surface area contributed by atoms with Gasteiger partial charge in [-0.25, -0.2) is 9.79 Å². The van der Waals surface area contributed by atoms with Gasteiger partial charge in [0.15, 0.2) is 4.80 Å². The van der Waals surface area contributed by atoms with Crippen molar-refractivity contribution in [3.8, 4) is 5.75 Å². The number of carbonyl (C=O) groups excluding carboxylic acids is 1. The number of fused-ring (bicyclic) bond motifs is 1. The number of nitrogens with zero attached hydrogens (tertiary/aromatic N) is 2. The Morgan fingerprint density at radius 2 is 1.94 bits per heavy atom. The molecule has 0 saturated carbocycles. The molecule has 2 heterocycles. The SMILES string of the molecule is C=CCOC(=O)C1=C(C)N=c2s/c(=C/c3ccc(Cl)c(Cl)c3)c(=O)n2[C@@H]1c1ccc(OC)cc1. The van der Waals surface area contributed by atoms with Gasteiger partial charge in [-0.1, -0.05) is 65.4 Å². The number of esters is 1. The molecule has 4 rings (SSSR count). The van der Waals surface area contributed by atoms with Crippen LogP contribution in [0.3, 0.4) is 0 Å². The van der Waals surface area contributed by atoms with Crippen LogP contribution in [0.2, 0.25) is 10.0 Å². The van der Waals surface area contributed by atoms with E-state index in [-0.39, 0.29) is 12.2 Å². The van der Waals surface area contributed by atoms with Gasteiger partial charge in [-0.3, -0.25) is 9.36 Å². The van der Waals surface area contributed by atoms with Crippen molar-refractivity contribution in [1.82, 2.24) is 4.57 Å². The summed E-state index contributed by atoms with van der Waals surface area (Å²) in [5.41, 5.74) is 1.94. The lowest BCUT2D eigenvalue weighted by Crippen LogP contribution is -2.39. The predicted molar refractivity (Wildman–Crippen MR) is 134 cm³/mol. The van der Waals surface area contributed by atoms with Gasteiger partial charge in [0.05, 0.1) is 39.0 Å². The van der Waals surface area contributed by atoms with Crippen molar-refractivity contribution in [1.29, 1.82) is 0 Å². The highest BCUT2D eigenvalue weighted by atomic mass is 35.5. The largest absolute Gasteiger partial charge is 0.497 e. The number of allylic oxidation sites excluding steroid dienone is 1. The molecule has 0 fully saturated rings. The Morgan fingerprint density at radius 1 is 1.21 bits per heavy atom. The molecule has 2 aromatic carbocycles. The summed E-state index contributed by atoms with van der Waals surface area (Å²) in [6, 6.07) is 11.6. The topological polar surface area (TPSA) is 69.9 Å². The van der Waals surface area contributed by atoms with E-state index in [1.165, 1.54) is 22.0 Å². The van der Waals surface area contributed by atoms with E-state index in [9.17, 15) is 9.59 Å². The Balaban J connectivity index is 1.92. The normalized spacial score (nSPS) is 15.5. The van der Waals surface area contributed by atoms with Crippen LogP contribution in [0.5, 0.6) is 5.75 Å². The van der Waals surface area contributed by atoms with Crippen LogP contribution < -0.4 is 19.6 Å². The molecule has 0 saturated heterocycles. The van der Waals surface area contributed by atoms with Crippen molar-refractivity contribution >= 4 is 46.6 Å². The Morgan fingerprint density at radius 3 is 2.59 bits per heavy atom. The third kappa shape index (κ3) is 4.59. The van der Waals surface area contributed by atoms with Crippen LogP contribution in [0.1, 0.15) is 24.1 Å². The minimum atomic E-state index is -0.713. The van der Waals surface area contributed by atoms with E-state index in [2.05, 4.69) is 11.6 Å². The quantitative estimate of drug-likeness (QED) is 0.363. The van der Waals surface area contributed by atoms with Crippen molar-refractivity contribution in [2.24, 2.45) is 4.99 Å². The summed E-state index contributed by atoms with van der Waals surface area (Å²) in [6.07, 6.45) is 3.22. The molecule has 1 atom stereocenters. The van der Waals surface area contributed by atoms with Crippen molar-refractivity contribution in [2.45, 2.75) is 13.0 Å². The molecule has 0 unspecified atom stereocenters. The van der Waals surface area contributed by atoms with Crippen molar-refractivity contribution in [3.05, 3.63) is 107 Å². The highest BCUT2D eigenvalue weighted by molar-refractivity contribution is 7.07. The minimum absolute atomic E-state index is 0.0483. The van der Waals surface area contributed by atoms with E-state index in [1.54, 1.807) is 50.4 Å². The number of hydrogen-bond acceptors (Lipinski definition) is 6. The van der Waals surface area contributed by atoms with Gasteiger partial charge in [-0.15, -0.1) is 0 Å². The van der Waals surface area contributed by atoms with E-state index < -0.39 is 12.0 Å². The van der Waals surface area contributed by atoms with E-state index in [0.29, 0.717) is 36.4 Å². The molecule has 174 valence electrons. The lowest BCUT2D eigenvalue weighted by atomic mass is 9.96. The summed E-state index contributed by atoms with van der Waals surface area (Å²) in [5.74, 6) is 0.105. The van der Waals surface area contributed by atoms with Crippen LogP contribution in [0.15, 0.2) is 76.2 Å². The smallest absolute Gasteiger partial charge is 0.338 e. The molecule has 1 aromatic heterocycles. The van der Waals surface area contributed by atoms with E-state index in [4.69, 9.17) is 32.7 Å². The summed E-state index contributed by atoms with van der Waals surface area (Å²) < 4.78 is 12.6. The molecule has 0 spiro atoms. The summed E-state index contributed by atoms with van der Waals surface area (Å²) in [5, 5.41) is 0.820. The molecule has 0 N–H and O–H groups in total. The number of halogens is 2. The highest BCUT2D eigenvalue weighted by Gasteiger charge is 2.33. The minimum Gasteiger partial charge on any atom is -0.497 e. The summed E-state index contributed by atoms with van der Waals surface area (Å²) in [6.45, 7) is 5.37. The average molecular weight is 515 g/mol. The van der Waals surface area contributed by atoms with Gasteiger partial charge in [0.1, 0.15) is 12.4 Å². The number of hydrogen-bond donors (Lipinski definition) is 0. The maximum Gasteiger partial charge on any atom is 0.338 e. The summed E-state index contributed by atoms with van der Waals surface area (Å²) in [7, 11) is 1.57. The zero-order chi connectivity index (χ0) is 24.4. The van der Waals surface area contributed by atoms with Crippen LogP contribution in [-0.2, 0) is 9.53 Å². The fraction of sp³-hybridized carbons (Fsp3) is 0.160. The number of thiazole rings is 1. The Bertz CT molecular complexity index is 1490. The molecule has 9 heteroatoms. The third-order valence-electron chi connectivity index (χ3n) is 5.25. The number of methoxy groups -OCH3 is 1. The molecule has 0 bridgehead atoms. The lowest BCUT2D eigenvalue weighted by molar-refractivity contribution is -0.138. The van der Waals surface area contributed by atoms with Gasteiger partial charge >= 0.3 is 5.97 Å². The first-order valence-corrected chi connectivity index (χ1v) is 11.8. The molecule has 34 heavy (non-hydrogen) atoms. The van der Waals surface area contributed by atoms with Gasteiger partial charge in [0.25, 0.3) is 5.56 Å². The highest BCUT2D eigenvalue weighted by Crippen LogP contribution is 2.31. The third-order valence-corrected chi connectivity index (χ3v) is 6.97. The maximum atomic E-state index is 13.6. The van der Waals surface area contributed by atoms with Crippen molar-refractivity contribution < 1.29 is 14.3 Å². The molecule has 3 aromatic rings. The summed E-state index contributed by atoms with van der Waals surface area (Å²) >= 11 is 13.4. The zero-order valence-electron chi connectivity index (χ0n) is 18.4. The average Bonchev–Trinajstić information content (AvgIpc) is 3.13. The van der Waals surface area contributed by atoms with E-state index in [0.717, 1.165) is 11.1 Å². The summed E-state index contributed by atoms with van der Waals surface area (Å²) in [4.78, 5) is 31.6. The van der Waals surface area contributed by atoms with Crippen LogP contribution >= 0.6 is 34.5 Å². The monoisotopic (exact) mass is 514 g/mol. The number of rotatable bonds is 6. The zero-order valence-corrected chi connectivity index (χ0v) is 20.7. The Hall–Kier alpha value is -3.13. The fourth-order valence-electron chi connectivity index (χ4n) is 3.65. The van der Waals surface area contributed by atoms with Crippen LogP contribution in [-0.4, -0.2) is 24.3 Å². The van der Waals surface area contributed by atoms with Gasteiger partial charge in [0.2, 0.25) is 0 Å². The van der Waals surface area contributed by atoms with Crippen LogP contribution in [0.25, 0.3) is 6.08 Å². The first-order chi connectivity index (χ1) is 16.3. The first-order valence-electron chi connectivity index (χ1n) is 10.2. The number of aromatic nitrogens is 1. The maximum absolute atomic E-state index is 13.6. The molecule has 1 aliphatic rings. The lowest BCUT2D eigenvalue weighted by Gasteiger charge is -2.24. The van der Waals surface area contributed by atoms with Gasteiger partial charge < -0.3 is 9.47 Å². The Labute approximate surface area is 209 Å². The van der Waals surface area contributed by atoms with Crippen molar-refractivity contribution in [3.63, 3.8) is 0 Å². The second kappa shape index (κ2) is 10.0. The van der Waals surface area contributed by atoms with E-state index >= 15 is 0 Å². The van der Waals surface area contributed by atoms with Crippen LogP contribution in [0.4, 0.5) is 0 Å². The fourth-order valence-corrected chi connectivity index (χ4v) is 5.00. The van der Waals surface area contributed by atoms with Gasteiger partial charge in [0, 0.05) is 0 Å². The molecule has 0 aliphatic carbocycles. The number of ether oxygens (including phenoxy) is 2. The molecular weight excluding hydrogens is 495 g/mol. The molecule has 0 amide bonds. The number of benzene rings is 2. The second-order valence-corrected chi connectivity index (χ2v) is 9.24. The van der Waals surface area contributed by atoms with Gasteiger partial charge in [-0.05, 0) is 48.4 Å². The molecule has 6 nitrogen and oxygen atoms in total. The van der Waals surface area contributed by atoms with Crippen LogP contribution in [0, 0.1) is 0 Å². The molecule has 0 radical (unpaired) electrons. The first kappa shape index (κ1) is 24.0. The van der Waals surface area contributed by atoms with Crippen molar-refractivity contribution in [2.75, 3.05) is 13.7 Å². The molecular formula is C25H20Cl2N2O4S.